The van der Waals surface area contributed by atoms with Gasteiger partial charge in [-0.3, -0.25) is 14.4 Å². The summed E-state index contributed by atoms with van der Waals surface area (Å²) in [5.74, 6) is -1.68. The molecule has 1 aliphatic rings. The Morgan fingerprint density at radius 2 is 1.45 bits per heavy atom. The molecule has 7 nitrogen and oxygen atoms in total. The lowest BCUT2D eigenvalue weighted by atomic mass is 9.87. The second kappa shape index (κ2) is 14.3. The molecule has 2 N–H and O–H groups in total. The van der Waals surface area contributed by atoms with Crippen molar-refractivity contribution in [2.24, 2.45) is 11.8 Å². The number of benzene rings is 3. The Morgan fingerprint density at radius 3 is 2.08 bits per heavy atom. The van der Waals surface area contributed by atoms with Crippen molar-refractivity contribution < 1.29 is 24.2 Å². The third-order valence-corrected chi connectivity index (χ3v) is 7.61. The van der Waals surface area contributed by atoms with E-state index in [1.165, 1.54) is 0 Å². The molecule has 0 spiro atoms. The molecule has 3 aromatic carbocycles. The maximum atomic E-state index is 13.7. The molecule has 210 valence electrons. The van der Waals surface area contributed by atoms with Gasteiger partial charge in [-0.1, -0.05) is 72.8 Å². The molecule has 40 heavy (non-hydrogen) atoms. The molecule has 3 aromatic rings. The average Bonchev–Trinajstić information content (AvgIpc) is 3.16. The molecular formula is C33H38N2O5. The fraction of sp³-hybridized carbons (Fsp3) is 0.364. The maximum absolute atomic E-state index is 13.7. The van der Waals surface area contributed by atoms with E-state index in [4.69, 9.17) is 4.74 Å². The minimum absolute atomic E-state index is 0.152. The van der Waals surface area contributed by atoms with Crippen molar-refractivity contribution in [1.29, 1.82) is 0 Å². The maximum Gasteiger partial charge on any atom is 0.306 e. The minimum atomic E-state index is -0.867. The molecule has 0 aromatic heterocycles. The number of carboxylic acids is 1. The number of para-hydroxylation sites is 2. The number of nitrogens with zero attached hydrogens (tertiary/aromatic N) is 1. The lowest BCUT2D eigenvalue weighted by Gasteiger charge is -2.27. The van der Waals surface area contributed by atoms with E-state index in [2.05, 4.69) is 5.32 Å². The van der Waals surface area contributed by atoms with Crippen molar-refractivity contribution in [1.82, 2.24) is 5.32 Å². The van der Waals surface area contributed by atoms with E-state index in [9.17, 15) is 19.5 Å². The van der Waals surface area contributed by atoms with Crippen LogP contribution in [0.5, 0.6) is 5.75 Å². The number of carbonyl (C=O) groups excluding carboxylic acids is 2. The van der Waals surface area contributed by atoms with E-state index in [0.717, 1.165) is 24.0 Å². The summed E-state index contributed by atoms with van der Waals surface area (Å²) in [4.78, 5) is 41.2. The van der Waals surface area contributed by atoms with Gasteiger partial charge in [0.1, 0.15) is 11.8 Å². The topological polar surface area (TPSA) is 95.9 Å². The summed E-state index contributed by atoms with van der Waals surface area (Å²) >= 11 is 0. The SMILES string of the molecule is COc1ccccc1N1CCCC[C@H](NC(=O)[C@H](CC[C@H](Cc2ccccc2)C(=O)O)Cc2ccccc2)C1=O. The van der Waals surface area contributed by atoms with Gasteiger partial charge in [-0.2, -0.15) is 0 Å². The molecule has 2 amide bonds. The highest BCUT2D eigenvalue weighted by Crippen LogP contribution is 2.30. The summed E-state index contributed by atoms with van der Waals surface area (Å²) in [5.41, 5.74) is 2.65. The number of rotatable bonds is 12. The second-order valence-electron chi connectivity index (χ2n) is 10.4. The van der Waals surface area contributed by atoms with Crippen LogP contribution < -0.4 is 15.0 Å². The molecule has 0 radical (unpaired) electrons. The van der Waals surface area contributed by atoms with Gasteiger partial charge in [0.2, 0.25) is 11.8 Å². The van der Waals surface area contributed by atoms with Gasteiger partial charge in [-0.25, -0.2) is 0 Å². The molecule has 0 aliphatic carbocycles. The molecule has 0 saturated carbocycles. The number of anilines is 1. The summed E-state index contributed by atoms with van der Waals surface area (Å²) in [5, 5.41) is 13.0. The average molecular weight is 543 g/mol. The van der Waals surface area contributed by atoms with Gasteiger partial charge in [0.15, 0.2) is 0 Å². The van der Waals surface area contributed by atoms with E-state index in [0.29, 0.717) is 50.1 Å². The third kappa shape index (κ3) is 7.72. The van der Waals surface area contributed by atoms with Crippen LogP contribution in [0.3, 0.4) is 0 Å². The van der Waals surface area contributed by atoms with Gasteiger partial charge < -0.3 is 20.1 Å². The van der Waals surface area contributed by atoms with Crippen LogP contribution in [0.25, 0.3) is 0 Å². The standard InChI is InChI=1S/C33H38N2O5/c1-40-30-18-9-8-17-29(30)35-21-11-10-16-28(32(35)37)34-31(36)26(22-24-12-4-2-5-13-24)19-20-27(33(38)39)23-25-14-6-3-7-15-25/h2-9,12-15,17-18,26-28H,10-11,16,19-23H2,1H3,(H,34,36)(H,38,39)/t26-,27-,28+/m1/s1. The van der Waals surface area contributed by atoms with Crippen LogP contribution in [0.15, 0.2) is 84.9 Å². The van der Waals surface area contributed by atoms with Crippen LogP contribution in [0, 0.1) is 11.8 Å². The molecule has 1 saturated heterocycles. The molecular weight excluding hydrogens is 504 g/mol. The zero-order chi connectivity index (χ0) is 28.3. The number of ether oxygens (including phenoxy) is 1. The van der Waals surface area contributed by atoms with Gasteiger partial charge in [0.25, 0.3) is 0 Å². The highest BCUT2D eigenvalue weighted by atomic mass is 16.5. The number of methoxy groups -OCH3 is 1. The van der Waals surface area contributed by atoms with Crippen LogP contribution >= 0.6 is 0 Å². The number of nitrogens with one attached hydrogen (secondary N) is 1. The van der Waals surface area contributed by atoms with E-state index in [1.807, 2.05) is 84.9 Å². The summed E-state index contributed by atoms with van der Waals surface area (Å²) < 4.78 is 5.50. The molecule has 1 aliphatic heterocycles. The molecule has 1 heterocycles. The van der Waals surface area contributed by atoms with Gasteiger partial charge >= 0.3 is 5.97 Å². The van der Waals surface area contributed by atoms with Crippen LogP contribution in [-0.2, 0) is 27.2 Å². The van der Waals surface area contributed by atoms with Crippen molar-refractivity contribution in [3.05, 3.63) is 96.1 Å². The molecule has 0 bridgehead atoms. The molecule has 4 rings (SSSR count). The van der Waals surface area contributed by atoms with Gasteiger partial charge in [-0.15, -0.1) is 0 Å². The van der Waals surface area contributed by atoms with Crippen LogP contribution in [0.1, 0.15) is 43.2 Å². The predicted octanol–water partition coefficient (Wildman–Crippen LogP) is 5.28. The molecule has 1 fully saturated rings. The van der Waals surface area contributed by atoms with Gasteiger partial charge in [0.05, 0.1) is 18.7 Å². The van der Waals surface area contributed by atoms with Gasteiger partial charge in [-0.05, 0) is 68.2 Å². The predicted molar refractivity (Wildman–Crippen MR) is 155 cm³/mol. The Kier molecular flexibility index (Phi) is 10.3. The first-order valence-electron chi connectivity index (χ1n) is 14.0. The summed E-state index contributed by atoms with van der Waals surface area (Å²) in [7, 11) is 1.58. The number of hydrogen-bond acceptors (Lipinski definition) is 4. The zero-order valence-corrected chi connectivity index (χ0v) is 23.0. The monoisotopic (exact) mass is 542 g/mol. The van der Waals surface area contributed by atoms with Gasteiger partial charge in [0, 0.05) is 12.5 Å². The number of hydrogen-bond donors (Lipinski definition) is 2. The quantitative estimate of drug-likeness (QED) is 0.325. The van der Waals surface area contributed by atoms with Crippen molar-refractivity contribution >= 4 is 23.5 Å². The van der Waals surface area contributed by atoms with E-state index in [1.54, 1.807) is 12.0 Å². The lowest BCUT2D eigenvalue weighted by molar-refractivity contribution is -0.142. The van der Waals surface area contributed by atoms with Crippen molar-refractivity contribution in [3.8, 4) is 5.75 Å². The highest BCUT2D eigenvalue weighted by Gasteiger charge is 2.33. The first-order valence-corrected chi connectivity index (χ1v) is 14.0. The Hall–Kier alpha value is -4.13. The number of carboxylic acid groups (broad SMARTS) is 1. The van der Waals surface area contributed by atoms with Crippen LogP contribution in [-0.4, -0.2) is 42.6 Å². The second-order valence-corrected chi connectivity index (χ2v) is 10.4. The Labute approximate surface area is 236 Å². The summed E-state index contributed by atoms with van der Waals surface area (Å²) in [6.45, 7) is 0.554. The van der Waals surface area contributed by atoms with E-state index in [-0.39, 0.29) is 11.8 Å². The summed E-state index contributed by atoms with van der Waals surface area (Å²) in [6.07, 6.45) is 3.84. The number of carbonyl (C=O) groups is 3. The van der Waals surface area contributed by atoms with Crippen molar-refractivity contribution in [2.75, 3.05) is 18.6 Å². The smallest absolute Gasteiger partial charge is 0.306 e. The Morgan fingerprint density at radius 1 is 0.875 bits per heavy atom. The fourth-order valence-corrected chi connectivity index (χ4v) is 5.39. The van der Waals surface area contributed by atoms with Crippen molar-refractivity contribution in [3.63, 3.8) is 0 Å². The highest BCUT2D eigenvalue weighted by molar-refractivity contribution is 6.00. The van der Waals surface area contributed by atoms with E-state index < -0.39 is 23.8 Å². The molecule has 0 unspecified atom stereocenters. The first kappa shape index (κ1) is 28.9. The minimum Gasteiger partial charge on any atom is -0.495 e. The largest absolute Gasteiger partial charge is 0.495 e. The first-order chi connectivity index (χ1) is 19.5. The Bertz CT molecular complexity index is 1260. The molecule has 3 atom stereocenters. The van der Waals surface area contributed by atoms with Crippen LogP contribution in [0.2, 0.25) is 0 Å². The number of aliphatic carboxylic acids is 1. The molecule has 7 heteroatoms. The van der Waals surface area contributed by atoms with E-state index >= 15 is 0 Å². The Balaban J connectivity index is 1.50. The fourth-order valence-electron chi connectivity index (χ4n) is 5.39. The van der Waals surface area contributed by atoms with Crippen LogP contribution in [0.4, 0.5) is 5.69 Å². The summed E-state index contributed by atoms with van der Waals surface area (Å²) in [6, 6.07) is 26.0. The van der Waals surface area contributed by atoms with Crippen molar-refractivity contribution in [2.45, 2.75) is 51.0 Å². The lowest BCUT2D eigenvalue weighted by Crippen LogP contribution is -2.49. The zero-order valence-electron chi connectivity index (χ0n) is 23.0. The normalized spacial score (nSPS) is 17.0. The number of amides is 2. The third-order valence-electron chi connectivity index (χ3n) is 7.61.